The highest BCUT2D eigenvalue weighted by atomic mass is 16.5. The number of aldehydes is 1. The Labute approximate surface area is 114 Å². The molecule has 0 aliphatic heterocycles. The first kappa shape index (κ1) is 15.2. The minimum Gasteiger partial charge on any atom is -0.484 e. The first-order chi connectivity index (χ1) is 8.95. The zero-order chi connectivity index (χ0) is 14.4. The van der Waals surface area contributed by atoms with Gasteiger partial charge in [0.05, 0.1) is 0 Å². The van der Waals surface area contributed by atoms with Crippen LogP contribution in [0.1, 0.15) is 38.1 Å². The average Bonchev–Trinajstić information content (AvgIpc) is 2.36. The molecule has 4 heteroatoms. The third-order valence-electron chi connectivity index (χ3n) is 2.78. The van der Waals surface area contributed by atoms with E-state index >= 15 is 0 Å². The van der Waals surface area contributed by atoms with E-state index in [4.69, 9.17) is 4.74 Å². The molecule has 1 aromatic rings. The van der Waals surface area contributed by atoms with E-state index in [-0.39, 0.29) is 24.6 Å². The van der Waals surface area contributed by atoms with Gasteiger partial charge in [0.25, 0.3) is 5.91 Å². The predicted molar refractivity (Wildman–Crippen MR) is 74.4 cm³/mol. The van der Waals surface area contributed by atoms with Crippen LogP contribution in [0.2, 0.25) is 0 Å². The lowest BCUT2D eigenvalue weighted by Crippen LogP contribution is -2.44. The van der Waals surface area contributed by atoms with Gasteiger partial charge in [-0.15, -0.1) is 0 Å². The highest BCUT2D eigenvalue weighted by molar-refractivity contribution is 5.78. The molecular formula is C15H21NO3. The Morgan fingerprint density at radius 3 is 2.11 bits per heavy atom. The van der Waals surface area contributed by atoms with Gasteiger partial charge in [-0.2, -0.15) is 0 Å². The standard InChI is InChI=1S/C15H21NO3/c1-11(2)16(12(3)4)15(18)10-19-14-7-5-13(9-17)6-8-14/h5-9,11-12H,10H2,1-4H3. The van der Waals surface area contributed by atoms with Crippen molar-refractivity contribution in [2.24, 2.45) is 0 Å². The van der Waals surface area contributed by atoms with Gasteiger partial charge >= 0.3 is 0 Å². The van der Waals surface area contributed by atoms with Crippen LogP contribution < -0.4 is 4.74 Å². The summed E-state index contributed by atoms with van der Waals surface area (Å²) < 4.78 is 5.44. The molecule has 0 spiro atoms. The predicted octanol–water partition coefficient (Wildman–Crippen LogP) is 2.52. The lowest BCUT2D eigenvalue weighted by Gasteiger charge is -2.30. The molecule has 0 unspecified atom stereocenters. The summed E-state index contributed by atoms with van der Waals surface area (Å²) in [4.78, 5) is 24.4. The molecule has 0 aromatic heterocycles. The first-order valence-corrected chi connectivity index (χ1v) is 6.45. The zero-order valence-electron chi connectivity index (χ0n) is 11.9. The fourth-order valence-electron chi connectivity index (χ4n) is 2.03. The molecule has 0 heterocycles. The summed E-state index contributed by atoms with van der Waals surface area (Å²) in [5.41, 5.74) is 0.588. The first-order valence-electron chi connectivity index (χ1n) is 6.45. The van der Waals surface area contributed by atoms with Crippen LogP contribution >= 0.6 is 0 Å². The van der Waals surface area contributed by atoms with E-state index in [1.165, 1.54) is 0 Å². The van der Waals surface area contributed by atoms with E-state index in [1.54, 1.807) is 29.2 Å². The SMILES string of the molecule is CC(C)N(C(=O)COc1ccc(C=O)cc1)C(C)C. The van der Waals surface area contributed by atoms with E-state index in [2.05, 4.69) is 0 Å². The summed E-state index contributed by atoms with van der Waals surface area (Å²) in [6.07, 6.45) is 0.772. The second-order valence-corrected chi connectivity index (χ2v) is 4.96. The maximum atomic E-state index is 12.1. The molecule has 1 aromatic carbocycles. The van der Waals surface area contributed by atoms with E-state index < -0.39 is 0 Å². The number of rotatable bonds is 6. The zero-order valence-corrected chi connectivity index (χ0v) is 11.9. The van der Waals surface area contributed by atoms with Crippen molar-refractivity contribution in [3.8, 4) is 5.75 Å². The number of carbonyl (C=O) groups is 2. The van der Waals surface area contributed by atoms with Gasteiger partial charge in [0.1, 0.15) is 12.0 Å². The van der Waals surface area contributed by atoms with Gasteiger partial charge in [0.2, 0.25) is 0 Å². The van der Waals surface area contributed by atoms with Gasteiger partial charge in [0.15, 0.2) is 6.61 Å². The van der Waals surface area contributed by atoms with Crippen LogP contribution in [0.15, 0.2) is 24.3 Å². The normalized spacial score (nSPS) is 10.6. The number of hydrogen-bond donors (Lipinski definition) is 0. The Bertz CT molecular complexity index is 416. The van der Waals surface area contributed by atoms with Gasteiger partial charge < -0.3 is 9.64 Å². The van der Waals surface area contributed by atoms with E-state index in [0.717, 1.165) is 6.29 Å². The summed E-state index contributed by atoms with van der Waals surface area (Å²) >= 11 is 0. The smallest absolute Gasteiger partial charge is 0.260 e. The molecule has 0 atom stereocenters. The second kappa shape index (κ2) is 6.92. The Morgan fingerprint density at radius 1 is 1.16 bits per heavy atom. The molecule has 104 valence electrons. The van der Waals surface area contributed by atoms with Gasteiger partial charge in [-0.25, -0.2) is 0 Å². The molecule has 0 aliphatic carbocycles. The van der Waals surface area contributed by atoms with E-state index in [9.17, 15) is 9.59 Å². The van der Waals surface area contributed by atoms with Gasteiger partial charge in [-0.05, 0) is 52.0 Å². The number of nitrogens with zero attached hydrogens (tertiary/aromatic N) is 1. The van der Waals surface area contributed by atoms with Crippen LogP contribution in [0.4, 0.5) is 0 Å². The van der Waals surface area contributed by atoms with Gasteiger partial charge in [-0.1, -0.05) is 0 Å². The number of hydrogen-bond acceptors (Lipinski definition) is 3. The minimum atomic E-state index is -0.0375. The van der Waals surface area contributed by atoms with E-state index in [1.807, 2.05) is 27.7 Å². The van der Waals surface area contributed by atoms with Crippen molar-refractivity contribution in [2.75, 3.05) is 6.61 Å². The quantitative estimate of drug-likeness (QED) is 0.741. The maximum absolute atomic E-state index is 12.1. The van der Waals surface area contributed by atoms with Gasteiger partial charge in [0, 0.05) is 17.6 Å². The van der Waals surface area contributed by atoms with Crippen molar-refractivity contribution >= 4 is 12.2 Å². The van der Waals surface area contributed by atoms with Crippen molar-refractivity contribution in [1.82, 2.24) is 4.90 Å². The van der Waals surface area contributed by atoms with Crippen molar-refractivity contribution in [3.05, 3.63) is 29.8 Å². The average molecular weight is 263 g/mol. The third-order valence-corrected chi connectivity index (χ3v) is 2.78. The summed E-state index contributed by atoms with van der Waals surface area (Å²) in [7, 11) is 0. The summed E-state index contributed by atoms with van der Waals surface area (Å²) in [5.74, 6) is 0.552. The molecule has 1 amide bonds. The van der Waals surface area contributed by atoms with E-state index in [0.29, 0.717) is 11.3 Å². The second-order valence-electron chi connectivity index (χ2n) is 4.96. The van der Waals surface area contributed by atoms with Crippen LogP contribution in [-0.2, 0) is 4.79 Å². The monoisotopic (exact) mass is 263 g/mol. The molecule has 0 N–H and O–H groups in total. The summed E-state index contributed by atoms with van der Waals surface area (Å²) in [5, 5.41) is 0. The third kappa shape index (κ3) is 4.39. The lowest BCUT2D eigenvalue weighted by atomic mass is 10.2. The van der Waals surface area contributed by atoms with Gasteiger partial charge in [-0.3, -0.25) is 9.59 Å². The van der Waals surface area contributed by atoms with Crippen molar-refractivity contribution in [1.29, 1.82) is 0 Å². The highest BCUT2D eigenvalue weighted by Gasteiger charge is 2.20. The largest absolute Gasteiger partial charge is 0.484 e. The Kier molecular flexibility index (Phi) is 5.55. The molecule has 4 nitrogen and oxygen atoms in total. The number of ether oxygens (including phenoxy) is 1. The fourth-order valence-corrected chi connectivity index (χ4v) is 2.03. The lowest BCUT2D eigenvalue weighted by molar-refractivity contribution is -0.136. The number of carbonyl (C=O) groups excluding carboxylic acids is 2. The molecular weight excluding hydrogens is 242 g/mol. The molecule has 0 fully saturated rings. The van der Waals surface area contributed by atoms with Crippen molar-refractivity contribution in [3.63, 3.8) is 0 Å². The Morgan fingerprint density at radius 2 is 1.68 bits per heavy atom. The minimum absolute atomic E-state index is 0.0107. The maximum Gasteiger partial charge on any atom is 0.260 e. The molecule has 19 heavy (non-hydrogen) atoms. The molecule has 0 bridgehead atoms. The van der Waals surface area contributed by atoms with Crippen LogP contribution in [0.5, 0.6) is 5.75 Å². The summed E-state index contributed by atoms with van der Waals surface area (Å²) in [6.45, 7) is 7.94. The molecule has 1 rings (SSSR count). The fraction of sp³-hybridized carbons (Fsp3) is 0.467. The molecule has 0 saturated heterocycles. The highest BCUT2D eigenvalue weighted by Crippen LogP contribution is 2.12. The summed E-state index contributed by atoms with van der Waals surface area (Å²) in [6, 6.07) is 6.99. The van der Waals surface area contributed by atoms with Crippen LogP contribution in [-0.4, -0.2) is 35.8 Å². The molecule has 0 aliphatic rings. The topological polar surface area (TPSA) is 46.6 Å². The van der Waals surface area contributed by atoms with Crippen molar-refractivity contribution in [2.45, 2.75) is 39.8 Å². The molecule has 0 saturated carbocycles. The van der Waals surface area contributed by atoms with Crippen LogP contribution in [0.3, 0.4) is 0 Å². The Balaban J connectivity index is 2.59. The molecule has 0 radical (unpaired) electrons. The van der Waals surface area contributed by atoms with Crippen LogP contribution in [0.25, 0.3) is 0 Å². The van der Waals surface area contributed by atoms with Crippen molar-refractivity contribution < 1.29 is 14.3 Å². The van der Waals surface area contributed by atoms with Crippen LogP contribution in [0, 0.1) is 0 Å². The number of amides is 1. The number of benzene rings is 1. The Hall–Kier alpha value is -1.84.